The first-order valence-corrected chi connectivity index (χ1v) is 35.0. The van der Waals surface area contributed by atoms with E-state index in [1.165, 1.54) is 141 Å². The van der Waals surface area contributed by atoms with Crippen LogP contribution in [0.5, 0.6) is 0 Å². The topological polar surface area (TPSA) is 78.9 Å². The Hall–Kier alpha value is -4.19. The van der Waals surface area contributed by atoms with Gasteiger partial charge in [0.1, 0.15) is 13.2 Å². The van der Waals surface area contributed by atoms with Crippen molar-refractivity contribution >= 4 is 17.9 Å². The van der Waals surface area contributed by atoms with Crippen molar-refractivity contribution in [3.05, 3.63) is 122 Å². The highest BCUT2D eigenvalue weighted by atomic mass is 16.6. The van der Waals surface area contributed by atoms with E-state index in [-0.39, 0.29) is 31.1 Å². The summed E-state index contributed by atoms with van der Waals surface area (Å²) >= 11 is 0. The average molecular weight is 1150 g/mol. The third-order valence-corrected chi connectivity index (χ3v) is 15.0. The number of hydrogen-bond acceptors (Lipinski definition) is 6. The van der Waals surface area contributed by atoms with Gasteiger partial charge in [-0.1, -0.05) is 322 Å². The van der Waals surface area contributed by atoms with Crippen LogP contribution >= 0.6 is 0 Å². The van der Waals surface area contributed by atoms with Gasteiger partial charge in [-0.3, -0.25) is 14.4 Å². The van der Waals surface area contributed by atoms with Crippen LogP contribution < -0.4 is 0 Å². The minimum atomic E-state index is -0.790. The smallest absolute Gasteiger partial charge is 0.306 e. The molecule has 0 aromatic heterocycles. The highest BCUT2D eigenvalue weighted by Gasteiger charge is 2.19. The predicted molar refractivity (Wildman–Crippen MR) is 362 cm³/mol. The maximum Gasteiger partial charge on any atom is 0.306 e. The minimum Gasteiger partial charge on any atom is -0.462 e. The average Bonchev–Trinajstić information content (AvgIpc) is 3.49. The van der Waals surface area contributed by atoms with Crippen LogP contribution in [0.1, 0.15) is 329 Å². The molecule has 0 N–H and O–H groups in total. The summed E-state index contributed by atoms with van der Waals surface area (Å²) in [6, 6.07) is 0. The zero-order valence-electron chi connectivity index (χ0n) is 54.4. The van der Waals surface area contributed by atoms with Crippen molar-refractivity contribution in [2.75, 3.05) is 13.2 Å². The third-order valence-electron chi connectivity index (χ3n) is 15.0. The van der Waals surface area contributed by atoms with Crippen LogP contribution in [0.3, 0.4) is 0 Å². The molecule has 0 bridgehead atoms. The summed E-state index contributed by atoms with van der Waals surface area (Å²) in [6.07, 6.45) is 97.9. The highest BCUT2D eigenvalue weighted by Crippen LogP contribution is 2.17. The van der Waals surface area contributed by atoms with Gasteiger partial charge in [0.25, 0.3) is 0 Å². The number of rotatable bonds is 63. The van der Waals surface area contributed by atoms with Gasteiger partial charge in [0, 0.05) is 19.3 Å². The lowest BCUT2D eigenvalue weighted by Crippen LogP contribution is -2.30. The van der Waals surface area contributed by atoms with Crippen molar-refractivity contribution in [2.45, 2.75) is 335 Å². The first kappa shape index (κ1) is 78.8. The number of carbonyl (C=O) groups is 3. The molecule has 0 fully saturated rings. The molecule has 6 heteroatoms. The molecule has 1 unspecified atom stereocenters. The predicted octanol–water partition coefficient (Wildman–Crippen LogP) is 24.3. The second kappa shape index (κ2) is 70.3. The first-order chi connectivity index (χ1) is 41.0. The largest absolute Gasteiger partial charge is 0.462 e. The third kappa shape index (κ3) is 68.5. The molecule has 0 radical (unpaired) electrons. The summed E-state index contributed by atoms with van der Waals surface area (Å²) in [5.41, 5.74) is 0. The van der Waals surface area contributed by atoms with Crippen LogP contribution in [0.15, 0.2) is 122 Å². The standard InChI is InChI=1S/C77H130O6/c1-4-7-10-13-16-19-22-25-28-30-32-33-34-35-36-37-38-39-40-41-42-43-45-46-49-52-55-58-61-64-67-70-76(79)82-73-74(72-81-75(78)69-66-63-60-57-54-51-48-27-24-21-18-15-12-9-6-3)83-77(80)71-68-65-62-59-56-53-50-47-44-31-29-26-23-20-17-14-11-8-5-2/h7,9-10,12,16,18-19,21,25,27-28,32-33,35-36,38-39,41-42,48,74H,4-6,8,11,13-15,17,20,22-24,26,29-31,34,37,40,43-47,49-73H2,1-3H3/b10-7-,12-9-,19-16-,21-18-,28-25-,33-32-,36-35-,39-38-,42-41-,48-27-. The Balaban J connectivity index is 4.32. The number of unbranched alkanes of at least 4 members (excludes halogenated alkanes) is 32. The van der Waals surface area contributed by atoms with E-state index in [1.54, 1.807) is 0 Å². The van der Waals surface area contributed by atoms with Crippen LogP contribution in [0.25, 0.3) is 0 Å². The van der Waals surface area contributed by atoms with Crippen molar-refractivity contribution in [3.63, 3.8) is 0 Å². The van der Waals surface area contributed by atoms with Gasteiger partial charge < -0.3 is 14.2 Å². The summed E-state index contributed by atoms with van der Waals surface area (Å²) in [7, 11) is 0. The van der Waals surface area contributed by atoms with E-state index in [9.17, 15) is 14.4 Å². The molecule has 0 amide bonds. The molecular formula is C77H130O6. The molecule has 0 rings (SSSR count). The molecule has 474 valence electrons. The Morgan fingerprint density at radius 3 is 0.735 bits per heavy atom. The van der Waals surface area contributed by atoms with E-state index in [0.717, 1.165) is 148 Å². The quantitative estimate of drug-likeness (QED) is 0.0261. The van der Waals surface area contributed by atoms with Crippen LogP contribution in [0.2, 0.25) is 0 Å². The van der Waals surface area contributed by atoms with Gasteiger partial charge in [-0.15, -0.1) is 0 Å². The monoisotopic (exact) mass is 1150 g/mol. The summed E-state index contributed by atoms with van der Waals surface area (Å²) in [5, 5.41) is 0. The van der Waals surface area contributed by atoms with E-state index in [0.29, 0.717) is 19.3 Å². The number of ether oxygens (including phenoxy) is 3. The van der Waals surface area contributed by atoms with Crippen LogP contribution in [-0.4, -0.2) is 37.2 Å². The Labute approximate surface area is 513 Å². The number of esters is 3. The lowest BCUT2D eigenvalue weighted by molar-refractivity contribution is -0.167. The van der Waals surface area contributed by atoms with Gasteiger partial charge in [0.2, 0.25) is 0 Å². The van der Waals surface area contributed by atoms with E-state index in [4.69, 9.17) is 14.2 Å². The summed E-state index contributed by atoms with van der Waals surface area (Å²) in [5.74, 6) is -0.895. The molecule has 1 atom stereocenters. The molecule has 0 saturated heterocycles. The van der Waals surface area contributed by atoms with E-state index < -0.39 is 6.10 Å². The van der Waals surface area contributed by atoms with E-state index in [2.05, 4.69) is 142 Å². The molecule has 0 heterocycles. The molecule has 0 aliphatic carbocycles. The fraction of sp³-hybridized carbons (Fsp3) is 0.701. The van der Waals surface area contributed by atoms with Crippen molar-refractivity contribution < 1.29 is 28.6 Å². The van der Waals surface area contributed by atoms with Crippen LogP contribution in [-0.2, 0) is 28.6 Å². The van der Waals surface area contributed by atoms with Crippen molar-refractivity contribution in [3.8, 4) is 0 Å². The molecule has 0 aromatic rings. The zero-order chi connectivity index (χ0) is 59.9. The molecule has 83 heavy (non-hydrogen) atoms. The van der Waals surface area contributed by atoms with Gasteiger partial charge in [0.05, 0.1) is 0 Å². The Morgan fingerprint density at radius 2 is 0.470 bits per heavy atom. The maximum absolute atomic E-state index is 12.9. The fourth-order valence-electron chi connectivity index (χ4n) is 9.79. The lowest BCUT2D eigenvalue weighted by Gasteiger charge is -2.18. The number of allylic oxidation sites excluding steroid dienone is 20. The first-order valence-electron chi connectivity index (χ1n) is 35.0. The minimum absolute atomic E-state index is 0.0860. The van der Waals surface area contributed by atoms with Gasteiger partial charge in [-0.2, -0.15) is 0 Å². The van der Waals surface area contributed by atoms with Gasteiger partial charge in [-0.05, 0) is 109 Å². The second-order valence-electron chi connectivity index (χ2n) is 23.0. The second-order valence-corrected chi connectivity index (χ2v) is 23.0. The molecule has 6 nitrogen and oxygen atoms in total. The molecule has 0 aliphatic heterocycles. The van der Waals surface area contributed by atoms with E-state index in [1.807, 2.05) is 0 Å². The molecule has 0 aromatic carbocycles. The SMILES string of the molecule is CC/C=C\C/C=C\C/C=C\C/C=C\C/C=C\C/C=C\C/C=C\CCCCCCCCCCCC(=O)OCC(COC(=O)CCCCCCC/C=C\C/C=C\C/C=C\CC)OC(=O)CCCCCCCCCCCCCCCCCCCCC. The molecule has 0 saturated carbocycles. The number of hydrogen-bond donors (Lipinski definition) is 0. The van der Waals surface area contributed by atoms with E-state index >= 15 is 0 Å². The van der Waals surface area contributed by atoms with Crippen LogP contribution in [0.4, 0.5) is 0 Å². The summed E-state index contributed by atoms with van der Waals surface area (Å²) < 4.78 is 17.0. The Kier molecular flexibility index (Phi) is 66.7. The van der Waals surface area contributed by atoms with Gasteiger partial charge in [-0.25, -0.2) is 0 Å². The molecular weight excluding hydrogens is 1020 g/mol. The molecule has 0 aliphatic rings. The van der Waals surface area contributed by atoms with Crippen LogP contribution in [0, 0.1) is 0 Å². The Morgan fingerprint density at radius 1 is 0.253 bits per heavy atom. The van der Waals surface area contributed by atoms with Gasteiger partial charge in [0.15, 0.2) is 6.10 Å². The maximum atomic E-state index is 12.9. The highest BCUT2D eigenvalue weighted by molar-refractivity contribution is 5.71. The summed E-state index contributed by atoms with van der Waals surface area (Å²) in [6.45, 7) is 6.43. The van der Waals surface area contributed by atoms with Crippen molar-refractivity contribution in [2.24, 2.45) is 0 Å². The zero-order valence-corrected chi connectivity index (χ0v) is 54.4. The van der Waals surface area contributed by atoms with Gasteiger partial charge >= 0.3 is 17.9 Å². The van der Waals surface area contributed by atoms with Crippen molar-refractivity contribution in [1.82, 2.24) is 0 Å². The lowest BCUT2D eigenvalue weighted by atomic mass is 10.0. The molecule has 0 spiro atoms. The normalized spacial score (nSPS) is 12.9. The van der Waals surface area contributed by atoms with Crippen molar-refractivity contribution in [1.29, 1.82) is 0 Å². The Bertz CT molecular complexity index is 1700. The number of carbonyl (C=O) groups excluding carboxylic acids is 3. The summed E-state index contributed by atoms with van der Waals surface area (Å²) in [4.78, 5) is 38.4. The fourth-order valence-corrected chi connectivity index (χ4v) is 9.79.